The Morgan fingerprint density at radius 2 is 1.64 bits per heavy atom. The summed E-state index contributed by atoms with van der Waals surface area (Å²) in [4.78, 5) is 13.2. The summed E-state index contributed by atoms with van der Waals surface area (Å²) in [5.74, 6) is 0. The van der Waals surface area contributed by atoms with E-state index in [2.05, 4.69) is 34.8 Å². The predicted molar refractivity (Wildman–Crippen MR) is 161 cm³/mol. The molecule has 0 amide bonds. The van der Waals surface area contributed by atoms with Crippen molar-refractivity contribution >= 4 is 17.2 Å². The molecule has 3 heterocycles. The first-order valence-electron chi connectivity index (χ1n) is 13.1. The van der Waals surface area contributed by atoms with Gasteiger partial charge in [0.05, 0.1) is 11.9 Å². The summed E-state index contributed by atoms with van der Waals surface area (Å²) in [6.45, 7) is 22.3. The molecule has 2 aromatic heterocycles. The zero-order chi connectivity index (χ0) is 27.9. The van der Waals surface area contributed by atoms with Crippen molar-refractivity contribution in [1.82, 2.24) is 19.7 Å². The van der Waals surface area contributed by atoms with Gasteiger partial charge in [-0.25, -0.2) is 0 Å². The number of allylic oxidation sites excluding steroid dienone is 5. The quantitative estimate of drug-likeness (QED) is 0.292. The lowest BCUT2D eigenvalue weighted by Gasteiger charge is -2.24. The Morgan fingerprint density at radius 1 is 1.03 bits per heavy atom. The highest BCUT2D eigenvalue weighted by Crippen LogP contribution is 2.25. The summed E-state index contributed by atoms with van der Waals surface area (Å²) in [5.41, 5.74) is 5.10. The lowest BCUT2D eigenvalue weighted by molar-refractivity contribution is 0.111. The number of benzene rings is 1. The van der Waals surface area contributed by atoms with Crippen LogP contribution in [0.15, 0.2) is 73.1 Å². The summed E-state index contributed by atoms with van der Waals surface area (Å²) in [6.07, 6.45) is 13.7. The Kier molecular flexibility index (Phi) is 21.7. The van der Waals surface area contributed by atoms with Crippen LogP contribution in [0.5, 0.6) is 0 Å². The van der Waals surface area contributed by atoms with Crippen molar-refractivity contribution in [3.05, 3.63) is 78.8 Å². The number of carbonyl (C=O) groups is 1. The average Bonchev–Trinajstić information content (AvgIpc) is 3.56. The van der Waals surface area contributed by atoms with E-state index in [4.69, 9.17) is 0 Å². The van der Waals surface area contributed by atoms with Crippen LogP contribution in [-0.2, 0) is 7.05 Å². The summed E-state index contributed by atoms with van der Waals surface area (Å²) in [7, 11) is 4.04. The molecule has 36 heavy (non-hydrogen) atoms. The maximum absolute atomic E-state index is 10.9. The van der Waals surface area contributed by atoms with Crippen LogP contribution in [0.3, 0.4) is 0 Å². The monoisotopic (exact) mass is 494 g/mol. The second-order valence-corrected chi connectivity index (χ2v) is 7.31. The van der Waals surface area contributed by atoms with Crippen molar-refractivity contribution in [3.63, 3.8) is 0 Å². The molecule has 200 valence electrons. The number of carbonyl (C=O) groups excluding carboxylic acids is 1. The van der Waals surface area contributed by atoms with Crippen LogP contribution >= 0.6 is 0 Å². The number of nitrogens with one attached hydrogen (secondary N) is 1. The number of nitrogens with zero attached hydrogens (tertiary/aromatic N) is 3. The number of aldehydes is 1. The molecule has 1 saturated heterocycles. The first kappa shape index (κ1) is 35.0. The Hall–Kier alpha value is -3.18. The molecule has 1 aliphatic rings. The van der Waals surface area contributed by atoms with Crippen LogP contribution in [-0.4, -0.2) is 46.1 Å². The third-order valence-corrected chi connectivity index (χ3v) is 4.92. The van der Waals surface area contributed by atoms with Crippen LogP contribution in [0.2, 0.25) is 0 Å². The standard InChI is InChI=1S/C13H11N3O.C8H12.C4H9N.3C2H6/c1-16-12(8-17)4-10-3-2-9(5-13(10)16)11-6-14-15-7-11;1-4-6-8(3)7-5-2;1-5-3-2-4-5;3*1-2/h2-8H,1H3,(H,14,15);4-7H,1H2,2-3H3;2-4H2,1H3;3*1-2H3/b;7-5-,8-6-;;;;. The molecule has 0 atom stereocenters. The number of hydrogen-bond acceptors (Lipinski definition) is 3. The summed E-state index contributed by atoms with van der Waals surface area (Å²) in [6, 6.07) is 8.00. The normalized spacial score (nSPS) is 12.0. The van der Waals surface area contributed by atoms with Crippen molar-refractivity contribution in [2.45, 2.75) is 61.8 Å². The van der Waals surface area contributed by atoms with Crippen molar-refractivity contribution in [3.8, 4) is 11.1 Å². The summed E-state index contributed by atoms with van der Waals surface area (Å²) < 4.78 is 1.89. The largest absolute Gasteiger partial charge is 0.341 e. The number of rotatable bonds is 4. The van der Waals surface area contributed by atoms with Gasteiger partial charge in [-0.1, -0.05) is 90.1 Å². The van der Waals surface area contributed by atoms with Crippen molar-refractivity contribution < 1.29 is 4.79 Å². The number of hydrogen-bond donors (Lipinski definition) is 1. The third kappa shape index (κ3) is 12.5. The fourth-order valence-electron chi connectivity index (χ4n) is 3.03. The van der Waals surface area contributed by atoms with Gasteiger partial charge in [0.2, 0.25) is 0 Å². The van der Waals surface area contributed by atoms with E-state index in [0.717, 1.165) is 28.3 Å². The average molecular weight is 495 g/mol. The maximum Gasteiger partial charge on any atom is 0.166 e. The molecular formula is C31H50N4O. The lowest BCUT2D eigenvalue weighted by atomic mass is 10.1. The second kappa shape index (κ2) is 22.3. The fraction of sp³-hybridized carbons (Fsp3) is 0.419. The van der Waals surface area contributed by atoms with Gasteiger partial charge in [0.25, 0.3) is 0 Å². The fourth-order valence-corrected chi connectivity index (χ4v) is 3.03. The minimum absolute atomic E-state index is 0.685. The minimum atomic E-state index is 0.685. The molecule has 0 radical (unpaired) electrons. The van der Waals surface area contributed by atoms with Gasteiger partial charge in [0, 0.05) is 29.7 Å². The van der Waals surface area contributed by atoms with Gasteiger partial charge >= 0.3 is 0 Å². The SMILES string of the molecule is C=C/C=C(C)\C=C/C.CC.CC.CC.CN1CCC1.Cn1c(C=O)cc2ccc(-c3cn[nH]c3)cc21. The molecule has 0 spiro atoms. The topological polar surface area (TPSA) is 53.9 Å². The highest BCUT2D eigenvalue weighted by molar-refractivity contribution is 5.91. The van der Waals surface area contributed by atoms with Gasteiger partial charge in [-0.05, 0) is 58.1 Å². The molecule has 5 heteroatoms. The van der Waals surface area contributed by atoms with Gasteiger partial charge in [0.1, 0.15) is 0 Å². The van der Waals surface area contributed by atoms with Crippen molar-refractivity contribution in [1.29, 1.82) is 0 Å². The van der Waals surface area contributed by atoms with E-state index in [0.29, 0.717) is 5.69 Å². The van der Waals surface area contributed by atoms with Crippen LogP contribution in [0.25, 0.3) is 22.0 Å². The van der Waals surface area contributed by atoms with Crippen molar-refractivity contribution in [2.75, 3.05) is 20.1 Å². The number of aryl methyl sites for hydroxylation is 1. The van der Waals surface area contributed by atoms with E-state index in [1.165, 1.54) is 25.1 Å². The number of H-pyrrole nitrogens is 1. The first-order valence-corrected chi connectivity index (χ1v) is 13.1. The molecule has 0 aliphatic carbocycles. The highest BCUT2D eigenvalue weighted by Gasteiger charge is 2.07. The van der Waals surface area contributed by atoms with Gasteiger partial charge in [0.15, 0.2) is 6.29 Å². The van der Waals surface area contributed by atoms with Crippen LogP contribution in [0, 0.1) is 0 Å². The van der Waals surface area contributed by atoms with E-state index in [1.807, 2.05) is 110 Å². The number of aromatic nitrogens is 3. The highest BCUT2D eigenvalue weighted by atomic mass is 16.1. The maximum atomic E-state index is 10.9. The number of fused-ring (bicyclic) bond motifs is 1. The van der Waals surface area contributed by atoms with Gasteiger partial charge in [-0.2, -0.15) is 5.10 Å². The molecular weight excluding hydrogens is 444 g/mol. The Bertz CT molecular complexity index is 1010. The van der Waals surface area contributed by atoms with Gasteiger partial charge < -0.3 is 9.47 Å². The van der Waals surface area contributed by atoms with Gasteiger partial charge in [-0.15, -0.1) is 0 Å². The van der Waals surface area contributed by atoms with Crippen molar-refractivity contribution in [2.24, 2.45) is 7.05 Å². The van der Waals surface area contributed by atoms with E-state index in [1.54, 1.807) is 12.3 Å². The molecule has 5 nitrogen and oxygen atoms in total. The van der Waals surface area contributed by atoms with Crippen LogP contribution < -0.4 is 0 Å². The third-order valence-electron chi connectivity index (χ3n) is 4.92. The van der Waals surface area contributed by atoms with E-state index in [-0.39, 0.29) is 0 Å². The Morgan fingerprint density at radius 3 is 2.06 bits per heavy atom. The Balaban J connectivity index is 0. The lowest BCUT2D eigenvalue weighted by Crippen LogP contribution is -2.32. The predicted octanol–water partition coefficient (Wildman–Crippen LogP) is 8.48. The molecule has 1 fully saturated rings. The molecule has 3 aromatic rings. The molecule has 0 bridgehead atoms. The molecule has 1 aromatic carbocycles. The minimum Gasteiger partial charge on any atom is -0.341 e. The van der Waals surface area contributed by atoms with Crippen LogP contribution in [0.1, 0.15) is 72.3 Å². The van der Waals surface area contributed by atoms with E-state index in [9.17, 15) is 4.79 Å². The van der Waals surface area contributed by atoms with Crippen LogP contribution in [0.4, 0.5) is 0 Å². The second-order valence-electron chi connectivity index (χ2n) is 7.31. The number of aromatic amines is 1. The summed E-state index contributed by atoms with van der Waals surface area (Å²) in [5, 5.41) is 7.80. The summed E-state index contributed by atoms with van der Waals surface area (Å²) >= 11 is 0. The molecule has 0 saturated carbocycles. The molecule has 0 unspecified atom stereocenters. The number of likely N-dealkylation sites (tertiary alicyclic amines) is 1. The van der Waals surface area contributed by atoms with E-state index >= 15 is 0 Å². The molecule has 1 aliphatic heterocycles. The molecule has 4 rings (SSSR count). The van der Waals surface area contributed by atoms with Gasteiger partial charge in [-0.3, -0.25) is 9.89 Å². The first-order chi connectivity index (χ1) is 17.5. The molecule has 1 N–H and O–H groups in total. The zero-order valence-corrected chi connectivity index (χ0v) is 24.4. The zero-order valence-electron chi connectivity index (χ0n) is 24.4. The Labute approximate surface area is 220 Å². The van der Waals surface area contributed by atoms with E-state index < -0.39 is 0 Å². The smallest absolute Gasteiger partial charge is 0.166 e.